The Bertz CT molecular complexity index is 596. The Morgan fingerprint density at radius 1 is 1.21 bits per heavy atom. The number of benzene rings is 2. The molecule has 0 fully saturated rings. The highest BCUT2D eigenvalue weighted by Crippen LogP contribution is 2.30. The van der Waals surface area contributed by atoms with E-state index in [1.165, 1.54) is 6.07 Å². The molecule has 5 heteroatoms. The smallest absolute Gasteiger partial charge is 0.311 e. The van der Waals surface area contributed by atoms with Crippen LogP contribution in [-0.2, 0) is 6.61 Å². The van der Waals surface area contributed by atoms with Crippen LogP contribution in [0.2, 0.25) is 0 Å². The molecule has 0 aromatic heterocycles. The van der Waals surface area contributed by atoms with Gasteiger partial charge in [-0.25, -0.2) is 0 Å². The second kappa shape index (κ2) is 5.84. The summed E-state index contributed by atoms with van der Waals surface area (Å²) in [4.78, 5) is 10.5. The van der Waals surface area contributed by atoms with Crippen molar-refractivity contribution in [2.45, 2.75) is 13.5 Å². The first-order chi connectivity index (χ1) is 9.08. The van der Waals surface area contributed by atoms with Crippen molar-refractivity contribution in [3.05, 3.63) is 68.2 Å². The molecule has 0 aliphatic heterocycles. The third kappa shape index (κ3) is 3.32. The summed E-state index contributed by atoms with van der Waals surface area (Å²) in [6.45, 7) is 2.10. The lowest BCUT2D eigenvalue weighted by Crippen LogP contribution is -2.00. The van der Waals surface area contributed by atoms with Crippen LogP contribution in [0.15, 0.2) is 46.9 Å². The summed E-state index contributed by atoms with van der Waals surface area (Å²) < 4.78 is 6.58. The van der Waals surface area contributed by atoms with Crippen molar-refractivity contribution >= 4 is 21.6 Å². The minimum atomic E-state index is -0.427. The van der Waals surface area contributed by atoms with E-state index in [0.717, 1.165) is 15.6 Å². The highest BCUT2D eigenvalue weighted by molar-refractivity contribution is 9.10. The van der Waals surface area contributed by atoms with Gasteiger partial charge < -0.3 is 4.74 Å². The monoisotopic (exact) mass is 321 g/mol. The fourth-order valence-corrected chi connectivity index (χ4v) is 1.97. The molecule has 0 unspecified atom stereocenters. The van der Waals surface area contributed by atoms with Crippen LogP contribution in [0.5, 0.6) is 5.75 Å². The van der Waals surface area contributed by atoms with E-state index in [1.807, 2.05) is 24.3 Å². The predicted octanol–water partition coefficient (Wildman–Crippen LogP) is 4.24. The van der Waals surface area contributed by atoms with Crippen LogP contribution in [-0.4, -0.2) is 4.92 Å². The van der Waals surface area contributed by atoms with Crippen molar-refractivity contribution in [3.8, 4) is 5.75 Å². The number of aryl methyl sites for hydroxylation is 1. The van der Waals surface area contributed by atoms with Crippen molar-refractivity contribution in [3.63, 3.8) is 0 Å². The normalized spacial score (nSPS) is 10.2. The lowest BCUT2D eigenvalue weighted by Gasteiger charge is -2.09. The summed E-state index contributed by atoms with van der Waals surface area (Å²) >= 11 is 3.35. The summed E-state index contributed by atoms with van der Waals surface area (Å²) in [5.74, 6) is 0.329. The highest BCUT2D eigenvalue weighted by atomic mass is 79.9. The molecule has 0 heterocycles. The number of nitro benzene ring substituents is 1. The van der Waals surface area contributed by atoms with Gasteiger partial charge in [-0.3, -0.25) is 10.1 Å². The molecule has 0 amide bonds. The minimum absolute atomic E-state index is 0.00267. The molecule has 0 N–H and O–H groups in total. The molecule has 0 saturated carbocycles. The lowest BCUT2D eigenvalue weighted by atomic mass is 10.2. The van der Waals surface area contributed by atoms with E-state index in [1.54, 1.807) is 19.1 Å². The van der Waals surface area contributed by atoms with E-state index in [9.17, 15) is 10.1 Å². The van der Waals surface area contributed by atoms with Gasteiger partial charge in [0, 0.05) is 10.5 Å². The average molecular weight is 322 g/mol. The topological polar surface area (TPSA) is 52.4 Å². The molecule has 19 heavy (non-hydrogen) atoms. The zero-order valence-electron chi connectivity index (χ0n) is 10.3. The third-order valence-corrected chi connectivity index (χ3v) is 3.21. The molecule has 0 atom stereocenters. The van der Waals surface area contributed by atoms with Gasteiger partial charge in [-0.2, -0.15) is 0 Å². The Labute approximate surface area is 119 Å². The fraction of sp³-hybridized carbons (Fsp3) is 0.143. The van der Waals surface area contributed by atoms with Gasteiger partial charge in [0.25, 0.3) is 0 Å². The van der Waals surface area contributed by atoms with Gasteiger partial charge in [-0.05, 0) is 30.2 Å². The quantitative estimate of drug-likeness (QED) is 0.625. The fourth-order valence-electron chi connectivity index (χ4n) is 1.70. The maximum absolute atomic E-state index is 10.9. The molecule has 98 valence electrons. The number of rotatable bonds is 4. The molecule has 2 rings (SSSR count). The standard InChI is InChI=1S/C14H12BrNO3/c1-10-3-2-4-13(16(17)18)14(10)19-9-11-5-7-12(15)8-6-11/h2-8H,9H2,1H3. The van der Waals surface area contributed by atoms with E-state index >= 15 is 0 Å². The summed E-state index contributed by atoms with van der Waals surface area (Å²) in [5, 5.41) is 10.9. The molecule has 2 aromatic carbocycles. The third-order valence-electron chi connectivity index (χ3n) is 2.68. The Hall–Kier alpha value is -1.88. The summed E-state index contributed by atoms with van der Waals surface area (Å²) in [6, 6.07) is 12.5. The Kier molecular flexibility index (Phi) is 4.16. The first-order valence-corrected chi connectivity index (χ1v) is 6.48. The number of ether oxygens (including phenoxy) is 1. The molecule has 0 bridgehead atoms. The van der Waals surface area contributed by atoms with Crippen molar-refractivity contribution in [2.24, 2.45) is 0 Å². The van der Waals surface area contributed by atoms with Crippen LogP contribution >= 0.6 is 15.9 Å². The summed E-state index contributed by atoms with van der Waals surface area (Å²) in [6.07, 6.45) is 0. The molecule has 2 aromatic rings. The Balaban J connectivity index is 2.19. The molecule has 0 aliphatic carbocycles. The van der Waals surface area contributed by atoms with Crippen LogP contribution in [0.3, 0.4) is 0 Å². The maximum Gasteiger partial charge on any atom is 0.311 e. The van der Waals surface area contributed by atoms with Crippen LogP contribution in [0, 0.1) is 17.0 Å². The van der Waals surface area contributed by atoms with Gasteiger partial charge in [0.1, 0.15) is 6.61 Å². The van der Waals surface area contributed by atoms with Crippen molar-refractivity contribution < 1.29 is 9.66 Å². The Morgan fingerprint density at radius 3 is 2.53 bits per heavy atom. The molecule has 0 radical (unpaired) electrons. The SMILES string of the molecule is Cc1cccc([N+](=O)[O-])c1OCc1ccc(Br)cc1. The van der Waals surface area contributed by atoms with Crippen LogP contribution in [0.4, 0.5) is 5.69 Å². The largest absolute Gasteiger partial charge is 0.482 e. The zero-order valence-corrected chi connectivity index (χ0v) is 11.9. The summed E-state index contributed by atoms with van der Waals surface area (Å²) in [5.41, 5.74) is 1.71. The van der Waals surface area contributed by atoms with Gasteiger partial charge >= 0.3 is 5.69 Å². The van der Waals surface area contributed by atoms with E-state index in [2.05, 4.69) is 15.9 Å². The van der Waals surface area contributed by atoms with Gasteiger partial charge in [0.15, 0.2) is 5.75 Å². The highest BCUT2D eigenvalue weighted by Gasteiger charge is 2.16. The molecule has 4 nitrogen and oxygen atoms in total. The van der Waals surface area contributed by atoms with Gasteiger partial charge in [0.2, 0.25) is 0 Å². The number of nitro groups is 1. The Morgan fingerprint density at radius 2 is 1.89 bits per heavy atom. The molecular weight excluding hydrogens is 310 g/mol. The van der Waals surface area contributed by atoms with Crippen LogP contribution in [0.1, 0.15) is 11.1 Å². The second-order valence-corrected chi connectivity index (χ2v) is 5.01. The number of hydrogen-bond donors (Lipinski definition) is 0. The zero-order chi connectivity index (χ0) is 13.8. The molecule has 0 spiro atoms. The number of nitrogens with zero attached hydrogens (tertiary/aromatic N) is 1. The first kappa shape index (κ1) is 13.5. The second-order valence-electron chi connectivity index (χ2n) is 4.10. The van der Waals surface area contributed by atoms with E-state index in [-0.39, 0.29) is 5.69 Å². The van der Waals surface area contributed by atoms with Crippen molar-refractivity contribution in [1.82, 2.24) is 0 Å². The van der Waals surface area contributed by atoms with Gasteiger partial charge in [-0.15, -0.1) is 0 Å². The van der Waals surface area contributed by atoms with Gasteiger partial charge in [0.05, 0.1) is 4.92 Å². The van der Waals surface area contributed by atoms with Crippen LogP contribution in [0.25, 0.3) is 0 Å². The van der Waals surface area contributed by atoms with Gasteiger partial charge in [-0.1, -0.05) is 40.2 Å². The number of halogens is 1. The minimum Gasteiger partial charge on any atom is -0.482 e. The molecular formula is C14H12BrNO3. The first-order valence-electron chi connectivity index (χ1n) is 5.69. The summed E-state index contributed by atoms with van der Waals surface area (Å²) in [7, 11) is 0. The maximum atomic E-state index is 10.9. The average Bonchev–Trinajstić information content (AvgIpc) is 2.39. The lowest BCUT2D eigenvalue weighted by molar-refractivity contribution is -0.386. The number of hydrogen-bond acceptors (Lipinski definition) is 3. The predicted molar refractivity (Wildman–Crippen MR) is 76.3 cm³/mol. The van der Waals surface area contributed by atoms with E-state index in [0.29, 0.717) is 12.4 Å². The molecule has 0 saturated heterocycles. The van der Waals surface area contributed by atoms with E-state index in [4.69, 9.17) is 4.74 Å². The van der Waals surface area contributed by atoms with Crippen molar-refractivity contribution in [1.29, 1.82) is 0 Å². The van der Waals surface area contributed by atoms with Crippen LogP contribution < -0.4 is 4.74 Å². The molecule has 0 aliphatic rings. The van der Waals surface area contributed by atoms with Crippen molar-refractivity contribution in [2.75, 3.05) is 0 Å². The number of para-hydroxylation sites is 1. The van der Waals surface area contributed by atoms with E-state index < -0.39 is 4.92 Å².